The van der Waals surface area contributed by atoms with Crippen molar-refractivity contribution in [2.24, 2.45) is 0 Å². The number of hydrogen-bond acceptors (Lipinski definition) is 6. The van der Waals surface area contributed by atoms with Gasteiger partial charge in [0.25, 0.3) is 5.91 Å². The van der Waals surface area contributed by atoms with E-state index in [4.69, 9.17) is 11.6 Å². The standard InChI is InChI=1S/C19H17ClN4O2S2/c1-11-3-4-13(9-12(11)2)17(26)22-18-23-24-19(28-18)27-10-16(25)21-15-7-5-14(20)6-8-15/h3-9H,10H2,1-2H3,(H,21,25)(H,22,23,26). The van der Waals surface area contributed by atoms with Gasteiger partial charge in [-0.3, -0.25) is 14.9 Å². The predicted octanol–water partition coefficient (Wildman–Crippen LogP) is 4.79. The molecule has 28 heavy (non-hydrogen) atoms. The van der Waals surface area contributed by atoms with Crippen molar-refractivity contribution in [1.82, 2.24) is 10.2 Å². The third-order valence-electron chi connectivity index (χ3n) is 3.85. The van der Waals surface area contributed by atoms with Gasteiger partial charge in [0, 0.05) is 16.3 Å². The van der Waals surface area contributed by atoms with Crippen LogP contribution in [-0.2, 0) is 4.79 Å². The Hall–Kier alpha value is -2.42. The Labute approximate surface area is 175 Å². The number of carbonyl (C=O) groups excluding carboxylic acids is 2. The Morgan fingerprint density at radius 3 is 2.50 bits per heavy atom. The number of anilines is 2. The van der Waals surface area contributed by atoms with Crippen LogP contribution >= 0.6 is 34.7 Å². The van der Waals surface area contributed by atoms with Crippen molar-refractivity contribution in [1.29, 1.82) is 0 Å². The summed E-state index contributed by atoms with van der Waals surface area (Å²) >= 11 is 8.30. The number of rotatable bonds is 6. The molecule has 9 heteroatoms. The van der Waals surface area contributed by atoms with E-state index in [0.717, 1.165) is 11.1 Å². The zero-order chi connectivity index (χ0) is 20.1. The Morgan fingerprint density at radius 2 is 1.79 bits per heavy atom. The van der Waals surface area contributed by atoms with Crippen LogP contribution in [0.15, 0.2) is 46.8 Å². The molecule has 0 aliphatic carbocycles. The Kier molecular flexibility index (Phi) is 6.66. The van der Waals surface area contributed by atoms with Gasteiger partial charge in [-0.2, -0.15) is 0 Å². The molecule has 0 fully saturated rings. The lowest BCUT2D eigenvalue weighted by atomic mass is 10.1. The first-order valence-electron chi connectivity index (χ1n) is 8.31. The van der Waals surface area contributed by atoms with Gasteiger partial charge in [0.2, 0.25) is 11.0 Å². The van der Waals surface area contributed by atoms with Crippen molar-refractivity contribution in [3.8, 4) is 0 Å². The Bertz CT molecular complexity index is 1010. The summed E-state index contributed by atoms with van der Waals surface area (Å²) in [6, 6.07) is 12.4. The van der Waals surface area contributed by atoms with Crippen LogP contribution in [0, 0.1) is 13.8 Å². The first-order valence-corrected chi connectivity index (χ1v) is 10.5. The first-order chi connectivity index (χ1) is 13.4. The van der Waals surface area contributed by atoms with E-state index in [-0.39, 0.29) is 17.6 Å². The van der Waals surface area contributed by atoms with Crippen molar-refractivity contribution in [2.75, 3.05) is 16.4 Å². The fourth-order valence-electron chi connectivity index (χ4n) is 2.23. The number of amides is 2. The maximum Gasteiger partial charge on any atom is 0.257 e. The minimum atomic E-state index is -0.240. The van der Waals surface area contributed by atoms with Gasteiger partial charge in [-0.05, 0) is 61.4 Å². The highest BCUT2D eigenvalue weighted by atomic mass is 35.5. The van der Waals surface area contributed by atoms with E-state index in [9.17, 15) is 9.59 Å². The summed E-state index contributed by atoms with van der Waals surface area (Å²) in [7, 11) is 0. The molecule has 0 bridgehead atoms. The second-order valence-corrected chi connectivity index (χ2v) is 8.61. The third kappa shape index (κ3) is 5.54. The molecule has 2 aromatic carbocycles. The SMILES string of the molecule is Cc1ccc(C(=O)Nc2nnc(SCC(=O)Nc3ccc(Cl)cc3)s2)cc1C. The number of benzene rings is 2. The van der Waals surface area contributed by atoms with E-state index < -0.39 is 0 Å². The van der Waals surface area contributed by atoms with Crippen LogP contribution in [0.1, 0.15) is 21.5 Å². The molecule has 6 nitrogen and oxygen atoms in total. The molecule has 0 spiro atoms. The zero-order valence-corrected chi connectivity index (χ0v) is 17.5. The Morgan fingerprint density at radius 1 is 1.04 bits per heavy atom. The molecule has 3 aromatic rings. The molecule has 0 aliphatic rings. The van der Waals surface area contributed by atoms with Gasteiger partial charge in [-0.25, -0.2) is 0 Å². The number of nitrogens with zero attached hydrogens (tertiary/aromatic N) is 2. The first kappa shape index (κ1) is 20.3. The summed E-state index contributed by atoms with van der Waals surface area (Å²) in [6.45, 7) is 3.95. The van der Waals surface area contributed by atoms with Crippen LogP contribution < -0.4 is 10.6 Å². The number of nitrogens with one attached hydrogen (secondary N) is 2. The van der Waals surface area contributed by atoms with E-state index >= 15 is 0 Å². The zero-order valence-electron chi connectivity index (χ0n) is 15.2. The summed E-state index contributed by atoms with van der Waals surface area (Å²) in [5, 5.41) is 14.5. The highest BCUT2D eigenvalue weighted by Crippen LogP contribution is 2.26. The van der Waals surface area contributed by atoms with Gasteiger partial charge in [0.05, 0.1) is 5.75 Å². The summed E-state index contributed by atoms with van der Waals surface area (Å²) < 4.78 is 0.599. The van der Waals surface area contributed by atoms with E-state index in [1.807, 2.05) is 26.0 Å². The van der Waals surface area contributed by atoms with Crippen LogP contribution in [0.3, 0.4) is 0 Å². The van der Waals surface area contributed by atoms with E-state index in [2.05, 4.69) is 20.8 Å². The maximum absolute atomic E-state index is 12.3. The predicted molar refractivity (Wildman–Crippen MR) is 115 cm³/mol. The van der Waals surface area contributed by atoms with Crippen molar-refractivity contribution >= 4 is 57.3 Å². The highest BCUT2D eigenvalue weighted by Gasteiger charge is 2.12. The molecule has 0 saturated heterocycles. The average Bonchev–Trinajstić information content (AvgIpc) is 3.11. The smallest absolute Gasteiger partial charge is 0.257 e. The van der Waals surface area contributed by atoms with Crippen LogP contribution in [0.25, 0.3) is 0 Å². The molecule has 144 valence electrons. The van der Waals surface area contributed by atoms with E-state index in [0.29, 0.717) is 25.7 Å². The molecule has 2 amide bonds. The van der Waals surface area contributed by atoms with Crippen molar-refractivity contribution in [2.45, 2.75) is 18.2 Å². The number of aromatic nitrogens is 2. The molecule has 0 saturated carbocycles. The van der Waals surface area contributed by atoms with E-state index in [1.165, 1.54) is 23.1 Å². The highest BCUT2D eigenvalue weighted by molar-refractivity contribution is 8.01. The molecule has 0 aliphatic heterocycles. The average molecular weight is 433 g/mol. The second kappa shape index (κ2) is 9.18. The number of halogens is 1. The molecule has 1 aromatic heterocycles. The van der Waals surface area contributed by atoms with Crippen LogP contribution in [0.5, 0.6) is 0 Å². The van der Waals surface area contributed by atoms with Gasteiger partial charge in [-0.15, -0.1) is 10.2 Å². The fraction of sp³-hybridized carbons (Fsp3) is 0.158. The van der Waals surface area contributed by atoms with Crippen LogP contribution in [0.2, 0.25) is 5.02 Å². The lowest BCUT2D eigenvalue weighted by molar-refractivity contribution is -0.113. The van der Waals surface area contributed by atoms with Gasteiger partial charge in [0.15, 0.2) is 4.34 Å². The minimum Gasteiger partial charge on any atom is -0.325 e. The molecule has 3 rings (SSSR count). The van der Waals surface area contributed by atoms with Gasteiger partial charge in [0.1, 0.15) is 0 Å². The fourth-order valence-corrected chi connectivity index (χ4v) is 3.90. The molecule has 0 unspecified atom stereocenters. The molecule has 0 atom stereocenters. The lowest BCUT2D eigenvalue weighted by Gasteiger charge is -2.04. The molecular formula is C19H17ClN4O2S2. The van der Waals surface area contributed by atoms with Crippen molar-refractivity contribution in [3.05, 3.63) is 64.2 Å². The monoisotopic (exact) mass is 432 g/mol. The van der Waals surface area contributed by atoms with Crippen molar-refractivity contribution < 1.29 is 9.59 Å². The lowest BCUT2D eigenvalue weighted by Crippen LogP contribution is -2.13. The topological polar surface area (TPSA) is 84.0 Å². The number of aryl methyl sites for hydroxylation is 2. The van der Waals surface area contributed by atoms with Gasteiger partial charge < -0.3 is 5.32 Å². The number of hydrogen-bond donors (Lipinski definition) is 2. The summed E-state index contributed by atoms with van der Waals surface area (Å²) in [6.07, 6.45) is 0. The van der Waals surface area contributed by atoms with E-state index in [1.54, 1.807) is 30.3 Å². The van der Waals surface area contributed by atoms with Crippen molar-refractivity contribution in [3.63, 3.8) is 0 Å². The maximum atomic E-state index is 12.3. The molecule has 0 radical (unpaired) electrons. The Balaban J connectivity index is 1.52. The number of thioether (sulfide) groups is 1. The molecular weight excluding hydrogens is 416 g/mol. The summed E-state index contributed by atoms with van der Waals surface area (Å²) in [5.74, 6) is -0.220. The minimum absolute atomic E-state index is 0.164. The quantitative estimate of drug-likeness (QED) is 0.432. The summed E-state index contributed by atoms with van der Waals surface area (Å²) in [4.78, 5) is 24.3. The van der Waals surface area contributed by atoms with Gasteiger partial charge >= 0.3 is 0 Å². The molecule has 1 heterocycles. The third-order valence-corrected chi connectivity index (χ3v) is 6.07. The van der Waals surface area contributed by atoms with Gasteiger partial charge in [-0.1, -0.05) is 40.8 Å². The second-order valence-electron chi connectivity index (χ2n) is 5.97. The largest absolute Gasteiger partial charge is 0.325 e. The summed E-state index contributed by atoms with van der Waals surface area (Å²) in [5.41, 5.74) is 3.42. The van der Waals surface area contributed by atoms with Crippen LogP contribution in [-0.4, -0.2) is 27.8 Å². The molecule has 2 N–H and O–H groups in total. The normalized spacial score (nSPS) is 10.5. The number of carbonyl (C=O) groups is 2. The van der Waals surface area contributed by atoms with Crippen LogP contribution in [0.4, 0.5) is 10.8 Å².